The summed E-state index contributed by atoms with van der Waals surface area (Å²) in [7, 11) is 1.64. The summed E-state index contributed by atoms with van der Waals surface area (Å²) in [5.41, 5.74) is 2.43. The van der Waals surface area contributed by atoms with E-state index in [0.29, 0.717) is 22.9 Å². The Morgan fingerprint density at radius 2 is 2.09 bits per heavy atom. The molecule has 0 amide bonds. The third-order valence-electron chi connectivity index (χ3n) is 7.90. The maximum Gasteiger partial charge on any atom is 0.216 e. The lowest BCUT2D eigenvalue weighted by Crippen LogP contribution is -2.69. The van der Waals surface area contributed by atoms with Crippen molar-refractivity contribution in [2.75, 3.05) is 26.7 Å². The van der Waals surface area contributed by atoms with Crippen molar-refractivity contribution in [2.24, 2.45) is 11.8 Å². The van der Waals surface area contributed by atoms with Crippen LogP contribution < -0.4 is 4.74 Å². The van der Waals surface area contributed by atoms with Crippen LogP contribution in [-0.2, 0) is 0 Å². The largest absolute Gasteiger partial charge is 0.497 e. The van der Waals surface area contributed by atoms with Gasteiger partial charge in [0.25, 0.3) is 0 Å². The quantitative estimate of drug-likeness (QED) is 0.330. The zero-order chi connectivity index (χ0) is 23.0. The summed E-state index contributed by atoms with van der Waals surface area (Å²) in [6.45, 7) is 6.23. The second kappa shape index (κ2) is 8.73. The molecule has 170 valence electrons. The Kier molecular flexibility index (Phi) is 5.77. The van der Waals surface area contributed by atoms with E-state index < -0.39 is 6.10 Å². The molecule has 3 aliphatic rings. The van der Waals surface area contributed by atoms with Crippen LogP contribution in [0.3, 0.4) is 0 Å². The predicted octanol–water partition coefficient (Wildman–Crippen LogP) is 4.57. The molecule has 0 spiro atoms. The number of carbonyl (C=O) groups excluding carboxylic acids is 1. The lowest BCUT2D eigenvalue weighted by Gasteiger charge is -2.57. The van der Waals surface area contributed by atoms with Gasteiger partial charge >= 0.3 is 0 Å². The molecule has 3 aromatic rings. The highest BCUT2D eigenvalue weighted by Crippen LogP contribution is 2.47. The molecule has 1 N–H and O–H groups in total. The number of piperidine rings is 3. The molecule has 1 aromatic heterocycles. The van der Waals surface area contributed by atoms with Crippen LogP contribution in [0.25, 0.3) is 10.9 Å². The number of ether oxygens (including phenoxy) is 1. The molecule has 3 aliphatic heterocycles. The third-order valence-corrected chi connectivity index (χ3v) is 7.90. The van der Waals surface area contributed by atoms with Crippen LogP contribution in [0, 0.1) is 11.8 Å². The first-order valence-electron chi connectivity index (χ1n) is 11.7. The molecule has 4 heterocycles. The second-order valence-electron chi connectivity index (χ2n) is 9.55. The van der Waals surface area contributed by atoms with Gasteiger partial charge < -0.3 is 14.3 Å². The number of pyridine rings is 1. The van der Waals surface area contributed by atoms with Crippen LogP contribution in [0.5, 0.6) is 5.75 Å². The minimum Gasteiger partial charge on any atom is -0.497 e. The summed E-state index contributed by atoms with van der Waals surface area (Å²) in [4.78, 5) is 17.8. The van der Waals surface area contributed by atoms with Gasteiger partial charge in [0.05, 0.1) is 25.7 Å². The number of nitrogens with zero attached hydrogens (tertiary/aromatic N) is 2. The van der Waals surface area contributed by atoms with Crippen LogP contribution in [0.2, 0.25) is 0 Å². The Morgan fingerprint density at radius 1 is 1.27 bits per heavy atom. The fourth-order valence-electron chi connectivity index (χ4n) is 6.12. The fourth-order valence-corrected chi connectivity index (χ4v) is 6.12. The van der Waals surface area contributed by atoms with Crippen LogP contribution in [0.15, 0.2) is 73.4 Å². The maximum atomic E-state index is 13.3. The van der Waals surface area contributed by atoms with Gasteiger partial charge in [0, 0.05) is 35.9 Å². The number of aromatic nitrogens is 1. The first-order valence-corrected chi connectivity index (χ1v) is 11.7. The van der Waals surface area contributed by atoms with Gasteiger partial charge in [-0.2, -0.15) is 0 Å². The minimum atomic E-state index is -0.695. The number of quaternary nitrogens is 1. The predicted molar refractivity (Wildman–Crippen MR) is 129 cm³/mol. The molecular weight excluding hydrogens is 412 g/mol. The smallest absolute Gasteiger partial charge is 0.216 e. The Hall–Kier alpha value is -3.02. The Labute approximate surface area is 194 Å². The van der Waals surface area contributed by atoms with Gasteiger partial charge in [-0.1, -0.05) is 36.4 Å². The number of ketones is 1. The van der Waals surface area contributed by atoms with Crippen molar-refractivity contribution in [1.29, 1.82) is 0 Å². The summed E-state index contributed by atoms with van der Waals surface area (Å²) in [5.74, 6) is 1.75. The number of methoxy groups -OCH3 is 1. The summed E-state index contributed by atoms with van der Waals surface area (Å²) in [6.07, 6.45) is 5.06. The van der Waals surface area contributed by atoms with Crippen LogP contribution in [-0.4, -0.2) is 53.1 Å². The number of rotatable bonds is 7. The van der Waals surface area contributed by atoms with E-state index >= 15 is 0 Å². The number of aliphatic hydroxyl groups excluding tert-OH is 1. The number of carbonyl (C=O) groups is 1. The molecule has 3 fully saturated rings. The lowest BCUT2D eigenvalue weighted by molar-refractivity contribution is -0.966. The highest BCUT2D eigenvalue weighted by molar-refractivity contribution is 5.97. The van der Waals surface area contributed by atoms with Gasteiger partial charge in [-0.15, -0.1) is 6.58 Å². The first kappa shape index (κ1) is 21.8. The first-order chi connectivity index (χ1) is 16.0. The molecule has 33 heavy (non-hydrogen) atoms. The summed E-state index contributed by atoms with van der Waals surface area (Å²) >= 11 is 0. The summed E-state index contributed by atoms with van der Waals surface area (Å²) < 4.78 is 6.04. The zero-order valence-electron chi connectivity index (χ0n) is 19.1. The Balaban J connectivity index is 1.54. The monoisotopic (exact) mass is 443 g/mol. The van der Waals surface area contributed by atoms with Gasteiger partial charge in [0.1, 0.15) is 24.4 Å². The normalized spacial score (nSPS) is 27.3. The van der Waals surface area contributed by atoms with Crippen LogP contribution in [0.4, 0.5) is 0 Å². The van der Waals surface area contributed by atoms with Gasteiger partial charge in [0.2, 0.25) is 5.78 Å². The number of benzene rings is 2. The van der Waals surface area contributed by atoms with Crippen molar-refractivity contribution in [3.05, 3.63) is 84.6 Å². The van der Waals surface area contributed by atoms with E-state index in [1.54, 1.807) is 13.3 Å². The van der Waals surface area contributed by atoms with E-state index in [9.17, 15) is 9.90 Å². The van der Waals surface area contributed by atoms with E-state index in [4.69, 9.17) is 4.74 Å². The van der Waals surface area contributed by atoms with E-state index in [1.165, 1.54) is 0 Å². The zero-order valence-corrected chi connectivity index (χ0v) is 19.1. The van der Waals surface area contributed by atoms with E-state index in [2.05, 4.69) is 17.6 Å². The molecule has 2 aromatic carbocycles. The average Bonchev–Trinajstić information content (AvgIpc) is 2.88. The minimum absolute atomic E-state index is 0.0515. The van der Waals surface area contributed by atoms with Crippen molar-refractivity contribution in [1.82, 2.24) is 4.98 Å². The average molecular weight is 444 g/mol. The highest BCUT2D eigenvalue weighted by atomic mass is 16.5. The summed E-state index contributed by atoms with van der Waals surface area (Å²) in [5, 5.41) is 12.7. The molecule has 3 saturated heterocycles. The molecule has 5 heteroatoms. The molecule has 5 atom stereocenters. The number of aliphatic hydroxyl groups is 1. The molecule has 0 saturated carbocycles. The topological polar surface area (TPSA) is 59.4 Å². The number of hydrogen-bond acceptors (Lipinski definition) is 4. The maximum absolute atomic E-state index is 13.3. The third kappa shape index (κ3) is 3.85. The number of hydrogen-bond donors (Lipinski definition) is 1. The Morgan fingerprint density at radius 3 is 2.85 bits per heavy atom. The van der Waals surface area contributed by atoms with E-state index in [-0.39, 0.29) is 11.8 Å². The van der Waals surface area contributed by atoms with Gasteiger partial charge in [-0.05, 0) is 35.7 Å². The molecular formula is C28H31N2O3+. The molecule has 0 unspecified atom stereocenters. The van der Waals surface area contributed by atoms with Crippen molar-refractivity contribution < 1.29 is 19.1 Å². The van der Waals surface area contributed by atoms with E-state index in [1.807, 2.05) is 54.6 Å². The fraction of sp³-hybridized carbons (Fsp3) is 0.357. The van der Waals surface area contributed by atoms with Gasteiger partial charge in [-0.25, -0.2) is 0 Å². The van der Waals surface area contributed by atoms with Crippen molar-refractivity contribution in [3.8, 4) is 5.75 Å². The standard InChI is InChI=1S/C28H31N2O3/c1-3-19-17-30(18-27(31)20-7-5-4-6-8-20)14-12-21(19)15-26(30)28(32)23-11-13-29-25-10-9-22(33-2)16-24(23)25/h3-11,13,16,19,21,26,28,32H,1,12,14-15,17-18H2,2H3/q+1/t19-,21-,26-,28+,30-/m0/s1. The highest BCUT2D eigenvalue weighted by Gasteiger charge is 2.54. The molecule has 0 aliphatic carbocycles. The molecule has 6 rings (SSSR count). The van der Waals surface area contributed by atoms with Crippen molar-refractivity contribution in [3.63, 3.8) is 0 Å². The lowest BCUT2D eigenvalue weighted by atomic mass is 9.71. The SMILES string of the molecule is C=C[C@H]1C[N@+]2(CC(=O)c3ccccc3)CC[C@H]1C[C@H]2[C@H](O)c1ccnc2ccc(OC)cc12. The van der Waals surface area contributed by atoms with E-state index in [0.717, 1.165) is 53.7 Å². The van der Waals surface area contributed by atoms with Crippen molar-refractivity contribution in [2.45, 2.75) is 25.0 Å². The second-order valence-corrected chi connectivity index (χ2v) is 9.55. The molecule has 2 bridgehead atoms. The number of fused-ring (bicyclic) bond motifs is 4. The Bertz CT molecular complexity index is 1180. The van der Waals surface area contributed by atoms with Crippen molar-refractivity contribution >= 4 is 16.7 Å². The molecule has 5 nitrogen and oxygen atoms in total. The number of Topliss-reactive ketones (excluding diaryl/α,β-unsaturated/α-hetero) is 1. The van der Waals surface area contributed by atoms with Gasteiger partial charge in [0.15, 0.2) is 0 Å². The summed E-state index contributed by atoms with van der Waals surface area (Å²) in [6, 6.07) is 17.1. The van der Waals surface area contributed by atoms with Crippen LogP contribution in [0.1, 0.15) is 34.9 Å². The van der Waals surface area contributed by atoms with Gasteiger partial charge in [-0.3, -0.25) is 9.78 Å². The molecule has 0 radical (unpaired) electrons. The van der Waals surface area contributed by atoms with Crippen LogP contribution >= 0.6 is 0 Å².